The molecule has 0 bridgehead atoms. The van der Waals surface area contributed by atoms with E-state index in [9.17, 15) is 16.8 Å². The molecule has 5 nitrogen and oxygen atoms in total. The first-order chi connectivity index (χ1) is 5.12. The molecular formula is H4F4N5P3. The van der Waals surface area contributed by atoms with E-state index >= 15 is 0 Å². The van der Waals surface area contributed by atoms with Crippen molar-refractivity contribution in [2.75, 3.05) is 0 Å². The fourth-order valence-corrected chi connectivity index (χ4v) is 5.75. The molecule has 0 aliphatic carbocycles. The van der Waals surface area contributed by atoms with Crippen LogP contribution in [0.4, 0.5) is 16.8 Å². The number of halogens is 4. The normalized spacial score (nSPS) is 45.5. The summed E-state index contributed by atoms with van der Waals surface area (Å²) < 4.78 is 56.8. The molecule has 0 fully saturated rings. The van der Waals surface area contributed by atoms with E-state index in [2.05, 4.69) is 24.6 Å². The minimum atomic E-state index is -5.32. The van der Waals surface area contributed by atoms with Gasteiger partial charge in [-0.3, -0.25) is 11.0 Å². The molecule has 0 saturated heterocycles. The van der Waals surface area contributed by atoms with Crippen LogP contribution in [-0.4, -0.2) is 0 Å². The Morgan fingerprint density at radius 1 is 0.750 bits per heavy atom. The van der Waals surface area contributed by atoms with Crippen molar-refractivity contribution in [3.8, 4) is 0 Å². The molecule has 0 aromatic heterocycles. The standard InChI is InChI=1S/F4H4N5P3/c1-10(2)7-11(3,5)9-12(4,6)8-10/h5-6H2. The van der Waals surface area contributed by atoms with Crippen molar-refractivity contribution in [1.82, 2.24) is 0 Å². The molecule has 2 unspecified atom stereocenters. The molecule has 1 heterocycles. The summed E-state index contributed by atoms with van der Waals surface area (Å²) in [4.78, 5) is 0. The Morgan fingerprint density at radius 3 is 1.50 bits per heavy atom. The minimum absolute atomic E-state index is 2.22. The van der Waals surface area contributed by atoms with Gasteiger partial charge in [0.2, 0.25) is 0 Å². The molecule has 0 aromatic carbocycles. The average molecular weight is 243 g/mol. The molecule has 2 atom stereocenters. The maximum atomic E-state index is 12.6. The summed E-state index contributed by atoms with van der Waals surface area (Å²) in [6, 6.07) is 0. The zero-order valence-corrected chi connectivity index (χ0v) is 8.03. The van der Waals surface area contributed by atoms with Gasteiger partial charge in [-0.2, -0.15) is 12.9 Å². The molecule has 1 aliphatic rings. The summed E-state index contributed by atoms with van der Waals surface area (Å²) in [5.74, 6) is 0. The fraction of sp³-hybridized carbons (Fsp3) is 0. The van der Waals surface area contributed by atoms with Gasteiger partial charge in [0.15, 0.2) is 0 Å². The highest BCUT2D eigenvalue weighted by Crippen LogP contribution is 2.76. The van der Waals surface area contributed by atoms with Crippen molar-refractivity contribution in [3.05, 3.63) is 0 Å². The van der Waals surface area contributed by atoms with E-state index in [1.54, 1.807) is 0 Å². The number of hydrogen-bond acceptors (Lipinski definition) is 5. The number of hydrogen-bond donors (Lipinski definition) is 2. The van der Waals surface area contributed by atoms with Crippen LogP contribution >= 0.6 is 23.2 Å². The van der Waals surface area contributed by atoms with E-state index in [1.807, 2.05) is 0 Å². The van der Waals surface area contributed by atoms with Crippen molar-refractivity contribution in [2.45, 2.75) is 0 Å². The van der Waals surface area contributed by atoms with Gasteiger partial charge in [0.25, 0.3) is 0 Å². The minimum Gasteiger partial charge on any atom is -0.253 e. The van der Waals surface area contributed by atoms with Crippen LogP contribution in [0.15, 0.2) is 13.5 Å². The maximum absolute atomic E-state index is 12.6. The maximum Gasteiger partial charge on any atom is 0.423 e. The second-order valence-corrected chi connectivity index (χ2v) is 7.20. The number of nitrogens with two attached hydrogens (primary N) is 2. The quantitative estimate of drug-likeness (QED) is 0.502. The molecule has 4 N–H and O–H groups in total. The molecule has 1 rings (SSSR count). The Morgan fingerprint density at radius 2 is 1.17 bits per heavy atom. The van der Waals surface area contributed by atoms with Crippen LogP contribution < -0.4 is 11.0 Å². The second-order valence-electron chi connectivity index (χ2n) is 1.86. The van der Waals surface area contributed by atoms with Gasteiger partial charge < -0.3 is 0 Å². The zero-order valence-electron chi connectivity index (χ0n) is 5.35. The fourth-order valence-electron chi connectivity index (χ4n) is 0.531. The first kappa shape index (κ1) is 10.4. The molecule has 0 radical (unpaired) electrons. The Labute approximate surface area is 65.4 Å². The third-order valence-corrected chi connectivity index (χ3v) is 6.45. The molecule has 12 heavy (non-hydrogen) atoms. The third-order valence-electron chi connectivity index (χ3n) is 0.717. The van der Waals surface area contributed by atoms with Gasteiger partial charge in [-0.25, -0.2) is 0 Å². The van der Waals surface area contributed by atoms with Gasteiger partial charge in [0, 0.05) is 0 Å². The Balaban J connectivity index is 3.46. The van der Waals surface area contributed by atoms with E-state index in [0.717, 1.165) is 0 Å². The van der Waals surface area contributed by atoms with Crippen LogP contribution in [0.2, 0.25) is 0 Å². The highest BCUT2D eigenvalue weighted by Gasteiger charge is 2.34. The van der Waals surface area contributed by atoms with E-state index < -0.39 is 23.2 Å². The van der Waals surface area contributed by atoms with Crippen LogP contribution in [0.25, 0.3) is 0 Å². The van der Waals surface area contributed by atoms with Crippen LogP contribution in [0, 0.1) is 0 Å². The van der Waals surface area contributed by atoms with Gasteiger partial charge in [-0.05, 0) is 0 Å². The van der Waals surface area contributed by atoms with E-state index in [1.165, 1.54) is 0 Å². The first-order valence-electron chi connectivity index (χ1n) is 2.39. The zero-order chi connectivity index (χ0) is 9.62. The van der Waals surface area contributed by atoms with Crippen LogP contribution in [0.5, 0.6) is 0 Å². The summed E-state index contributed by atoms with van der Waals surface area (Å²) in [5.41, 5.74) is 9.07. The Bertz CT molecular complexity index is 275. The molecule has 72 valence electrons. The van der Waals surface area contributed by atoms with Crippen LogP contribution in [-0.2, 0) is 0 Å². The number of rotatable bonds is 0. The lowest BCUT2D eigenvalue weighted by atomic mass is 13.8. The topological polar surface area (TPSA) is 89.1 Å². The largest absolute Gasteiger partial charge is 0.423 e. The summed E-state index contributed by atoms with van der Waals surface area (Å²) in [5, 5.41) is 0. The summed E-state index contributed by atoms with van der Waals surface area (Å²) in [7, 11) is -14.5. The summed E-state index contributed by atoms with van der Waals surface area (Å²) in [6.07, 6.45) is 0. The molecule has 1 aliphatic heterocycles. The van der Waals surface area contributed by atoms with Crippen molar-refractivity contribution in [1.29, 1.82) is 0 Å². The molecule has 0 spiro atoms. The monoisotopic (exact) mass is 243 g/mol. The molecule has 0 amide bonds. The van der Waals surface area contributed by atoms with E-state index in [4.69, 9.17) is 0 Å². The summed E-state index contributed by atoms with van der Waals surface area (Å²) >= 11 is 0. The number of nitrogens with zero attached hydrogens (tertiary/aromatic N) is 3. The lowest BCUT2D eigenvalue weighted by Crippen LogP contribution is -1.91. The van der Waals surface area contributed by atoms with Crippen molar-refractivity contribution >= 4 is 23.2 Å². The van der Waals surface area contributed by atoms with E-state index in [-0.39, 0.29) is 0 Å². The average Bonchev–Trinajstić information content (AvgIpc) is 1.44. The first-order valence-corrected chi connectivity index (χ1v) is 7.18. The summed E-state index contributed by atoms with van der Waals surface area (Å²) in [6.45, 7) is 0. The van der Waals surface area contributed by atoms with Gasteiger partial charge in [-0.15, -0.1) is 17.4 Å². The van der Waals surface area contributed by atoms with E-state index in [0.29, 0.717) is 0 Å². The third kappa shape index (κ3) is 2.68. The van der Waals surface area contributed by atoms with Crippen LogP contribution in [0.3, 0.4) is 0 Å². The smallest absolute Gasteiger partial charge is 0.253 e. The van der Waals surface area contributed by atoms with Gasteiger partial charge in [0.05, 0.1) is 0 Å². The van der Waals surface area contributed by atoms with Crippen LogP contribution in [0.1, 0.15) is 0 Å². The molecular weight excluding hydrogens is 239 g/mol. The SMILES string of the molecule is NP1(F)=NP(N)(F)=NP(F)(F)=N1. The lowest BCUT2D eigenvalue weighted by Gasteiger charge is -2.14. The van der Waals surface area contributed by atoms with Crippen molar-refractivity contribution in [3.63, 3.8) is 0 Å². The second kappa shape index (κ2) is 2.66. The van der Waals surface area contributed by atoms with Gasteiger partial charge in [-0.1, -0.05) is 0 Å². The lowest BCUT2D eigenvalue weighted by molar-refractivity contribution is 0.720. The highest BCUT2D eigenvalue weighted by molar-refractivity contribution is 7.79. The van der Waals surface area contributed by atoms with Gasteiger partial charge in [0.1, 0.15) is 0 Å². The predicted octanol–water partition coefficient (Wildman–Crippen LogP) is 3.63. The molecule has 12 heteroatoms. The predicted molar refractivity (Wildman–Crippen MR) is 40.9 cm³/mol. The molecule has 0 saturated carbocycles. The Hall–Kier alpha value is 0.330. The Kier molecular flexibility index (Phi) is 2.31. The van der Waals surface area contributed by atoms with Crippen molar-refractivity contribution < 1.29 is 16.8 Å². The highest BCUT2D eigenvalue weighted by atomic mass is 31.3. The van der Waals surface area contributed by atoms with Crippen molar-refractivity contribution in [2.24, 2.45) is 24.6 Å². The molecule has 0 aromatic rings. The van der Waals surface area contributed by atoms with Gasteiger partial charge >= 0.3 is 23.2 Å².